The summed E-state index contributed by atoms with van der Waals surface area (Å²) in [7, 11) is 0. The van der Waals surface area contributed by atoms with Gasteiger partial charge in [-0.3, -0.25) is 0 Å². The average molecular weight is 233 g/mol. The zero-order chi connectivity index (χ0) is 11.8. The van der Waals surface area contributed by atoms with Crippen molar-refractivity contribution in [3.63, 3.8) is 0 Å². The van der Waals surface area contributed by atoms with Gasteiger partial charge in [0.2, 0.25) is 0 Å². The van der Waals surface area contributed by atoms with Gasteiger partial charge in [0.25, 0.3) is 0 Å². The molecule has 1 aromatic heterocycles. The van der Waals surface area contributed by atoms with Crippen LogP contribution in [0.1, 0.15) is 75.2 Å². The first kappa shape index (κ1) is 11.1. The second-order valence-electron chi connectivity index (χ2n) is 5.65. The molecule has 2 aliphatic rings. The summed E-state index contributed by atoms with van der Waals surface area (Å²) in [6.07, 6.45) is 8.99. The zero-order valence-electron chi connectivity index (χ0n) is 10.8. The van der Waals surface area contributed by atoms with Gasteiger partial charge in [-0.15, -0.1) is 0 Å². The van der Waals surface area contributed by atoms with E-state index in [0.29, 0.717) is 11.8 Å². The Balaban J connectivity index is 1.89. The van der Waals surface area contributed by atoms with Crippen molar-refractivity contribution in [3.8, 4) is 0 Å². The SMILES string of the molecule is CCCCn1c(C2CC2)nc(C2CCC2)c1N. The highest BCUT2D eigenvalue weighted by Gasteiger charge is 2.33. The summed E-state index contributed by atoms with van der Waals surface area (Å²) in [4.78, 5) is 4.88. The Labute approximate surface area is 103 Å². The second kappa shape index (κ2) is 4.35. The smallest absolute Gasteiger partial charge is 0.127 e. The molecule has 0 spiro atoms. The van der Waals surface area contributed by atoms with Crippen LogP contribution in [0.25, 0.3) is 0 Å². The van der Waals surface area contributed by atoms with Gasteiger partial charge in [-0.1, -0.05) is 19.8 Å². The summed E-state index contributed by atoms with van der Waals surface area (Å²) in [5.41, 5.74) is 7.54. The lowest BCUT2D eigenvalue weighted by molar-refractivity contribution is 0.413. The minimum Gasteiger partial charge on any atom is -0.384 e. The van der Waals surface area contributed by atoms with E-state index in [4.69, 9.17) is 10.7 Å². The normalized spacial score (nSPS) is 20.5. The van der Waals surface area contributed by atoms with E-state index >= 15 is 0 Å². The molecule has 0 atom stereocenters. The van der Waals surface area contributed by atoms with Crippen molar-refractivity contribution in [1.82, 2.24) is 9.55 Å². The molecular formula is C14H23N3. The lowest BCUT2D eigenvalue weighted by Gasteiger charge is -2.24. The highest BCUT2D eigenvalue weighted by Crippen LogP contribution is 2.44. The maximum Gasteiger partial charge on any atom is 0.127 e. The minimum atomic E-state index is 0.662. The molecule has 0 bridgehead atoms. The van der Waals surface area contributed by atoms with Gasteiger partial charge >= 0.3 is 0 Å². The number of aromatic nitrogens is 2. The van der Waals surface area contributed by atoms with Crippen molar-refractivity contribution in [2.24, 2.45) is 0 Å². The summed E-state index contributed by atoms with van der Waals surface area (Å²) in [6.45, 7) is 3.30. The van der Waals surface area contributed by atoms with Gasteiger partial charge in [-0.05, 0) is 32.1 Å². The average Bonchev–Trinajstić information content (AvgIpc) is 3.03. The second-order valence-corrected chi connectivity index (χ2v) is 5.65. The van der Waals surface area contributed by atoms with Crippen LogP contribution < -0.4 is 5.73 Å². The van der Waals surface area contributed by atoms with Crippen molar-refractivity contribution in [2.75, 3.05) is 5.73 Å². The number of rotatable bonds is 5. The maximum absolute atomic E-state index is 6.32. The van der Waals surface area contributed by atoms with Gasteiger partial charge in [-0.2, -0.15) is 0 Å². The molecule has 2 fully saturated rings. The number of nitrogen functional groups attached to an aromatic ring is 1. The number of nitrogens with two attached hydrogens (primary N) is 1. The van der Waals surface area contributed by atoms with Crippen molar-refractivity contribution in [2.45, 2.75) is 70.3 Å². The number of unbranched alkanes of at least 4 members (excludes halogenated alkanes) is 1. The lowest BCUT2D eigenvalue weighted by atomic mass is 9.83. The Morgan fingerprint density at radius 3 is 2.53 bits per heavy atom. The summed E-state index contributed by atoms with van der Waals surface area (Å²) in [6, 6.07) is 0. The van der Waals surface area contributed by atoms with Crippen LogP contribution in [-0.4, -0.2) is 9.55 Å². The number of anilines is 1. The van der Waals surface area contributed by atoms with Crippen LogP contribution in [0.3, 0.4) is 0 Å². The molecule has 94 valence electrons. The fourth-order valence-electron chi connectivity index (χ4n) is 2.69. The molecule has 0 unspecified atom stereocenters. The Morgan fingerprint density at radius 1 is 1.24 bits per heavy atom. The van der Waals surface area contributed by atoms with Crippen LogP contribution >= 0.6 is 0 Å². The van der Waals surface area contributed by atoms with Crippen LogP contribution in [0.5, 0.6) is 0 Å². The summed E-state index contributed by atoms with van der Waals surface area (Å²) in [5.74, 6) is 3.64. The Hall–Kier alpha value is -0.990. The summed E-state index contributed by atoms with van der Waals surface area (Å²) in [5, 5.41) is 0. The van der Waals surface area contributed by atoms with E-state index < -0.39 is 0 Å². The van der Waals surface area contributed by atoms with E-state index in [1.807, 2.05) is 0 Å². The molecule has 3 heteroatoms. The third-order valence-electron chi connectivity index (χ3n) is 4.23. The molecule has 17 heavy (non-hydrogen) atoms. The lowest BCUT2D eigenvalue weighted by Crippen LogP contribution is -2.12. The van der Waals surface area contributed by atoms with Gasteiger partial charge in [0.05, 0.1) is 5.69 Å². The number of hydrogen-bond donors (Lipinski definition) is 1. The standard InChI is InChI=1S/C14H23N3/c1-2-3-9-17-13(15)12(10-5-4-6-10)16-14(17)11-7-8-11/h10-11H,2-9,15H2,1H3. The van der Waals surface area contributed by atoms with E-state index in [9.17, 15) is 0 Å². The highest BCUT2D eigenvalue weighted by atomic mass is 15.2. The molecule has 2 aliphatic carbocycles. The predicted molar refractivity (Wildman–Crippen MR) is 70.1 cm³/mol. The topological polar surface area (TPSA) is 43.8 Å². The molecule has 0 saturated heterocycles. The van der Waals surface area contributed by atoms with E-state index in [2.05, 4.69) is 11.5 Å². The Morgan fingerprint density at radius 2 is 2.00 bits per heavy atom. The number of hydrogen-bond acceptors (Lipinski definition) is 2. The zero-order valence-corrected chi connectivity index (χ0v) is 10.8. The van der Waals surface area contributed by atoms with Crippen molar-refractivity contribution in [1.29, 1.82) is 0 Å². The van der Waals surface area contributed by atoms with Crippen LogP contribution in [0.4, 0.5) is 5.82 Å². The first-order valence-electron chi connectivity index (χ1n) is 7.17. The summed E-state index contributed by atoms with van der Waals surface area (Å²) < 4.78 is 2.31. The molecule has 0 amide bonds. The van der Waals surface area contributed by atoms with Crippen molar-refractivity contribution >= 4 is 5.82 Å². The van der Waals surface area contributed by atoms with Gasteiger partial charge < -0.3 is 10.3 Å². The van der Waals surface area contributed by atoms with Crippen molar-refractivity contribution in [3.05, 3.63) is 11.5 Å². The maximum atomic E-state index is 6.32. The fraction of sp³-hybridized carbons (Fsp3) is 0.786. The van der Waals surface area contributed by atoms with Crippen LogP contribution in [0, 0.1) is 0 Å². The molecule has 1 heterocycles. The van der Waals surface area contributed by atoms with Crippen LogP contribution in [0.2, 0.25) is 0 Å². The third-order valence-corrected chi connectivity index (χ3v) is 4.23. The Bertz CT molecular complexity index is 400. The van der Waals surface area contributed by atoms with Crippen LogP contribution in [-0.2, 0) is 6.54 Å². The molecule has 2 saturated carbocycles. The van der Waals surface area contributed by atoms with Gasteiger partial charge in [0, 0.05) is 18.4 Å². The van der Waals surface area contributed by atoms with Crippen molar-refractivity contribution < 1.29 is 0 Å². The molecule has 3 rings (SSSR count). The predicted octanol–water partition coefficient (Wildman–Crippen LogP) is 3.41. The van der Waals surface area contributed by atoms with Gasteiger partial charge in [-0.25, -0.2) is 4.98 Å². The molecule has 0 radical (unpaired) electrons. The van der Waals surface area contributed by atoms with Gasteiger partial charge in [0.15, 0.2) is 0 Å². The highest BCUT2D eigenvalue weighted by molar-refractivity contribution is 5.42. The largest absolute Gasteiger partial charge is 0.384 e. The quantitative estimate of drug-likeness (QED) is 0.847. The number of imidazole rings is 1. The van der Waals surface area contributed by atoms with E-state index in [0.717, 1.165) is 12.4 Å². The molecule has 0 aromatic carbocycles. The fourth-order valence-corrected chi connectivity index (χ4v) is 2.69. The van der Waals surface area contributed by atoms with Gasteiger partial charge in [0.1, 0.15) is 11.6 Å². The first-order valence-corrected chi connectivity index (χ1v) is 7.17. The molecule has 3 nitrogen and oxygen atoms in total. The third kappa shape index (κ3) is 1.96. The molecular weight excluding hydrogens is 210 g/mol. The van der Waals surface area contributed by atoms with E-state index in [1.54, 1.807) is 0 Å². The molecule has 1 aromatic rings. The summed E-state index contributed by atoms with van der Waals surface area (Å²) >= 11 is 0. The monoisotopic (exact) mass is 233 g/mol. The molecule has 0 aliphatic heterocycles. The molecule has 2 N–H and O–H groups in total. The first-order chi connectivity index (χ1) is 8.31. The van der Waals surface area contributed by atoms with Crippen LogP contribution in [0.15, 0.2) is 0 Å². The Kier molecular flexibility index (Phi) is 2.85. The van der Waals surface area contributed by atoms with E-state index in [-0.39, 0.29) is 0 Å². The minimum absolute atomic E-state index is 0.662. The van der Waals surface area contributed by atoms with E-state index in [1.165, 1.54) is 56.5 Å². The number of nitrogens with zero attached hydrogens (tertiary/aromatic N) is 2.